The number of unbranched alkanes of at least 4 members (excludes halogenated alkanes) is 9. The van der Waals surface area contributed by atoms with Crippen molar-refractivity contribution in [2.75, 3.05) is 0 Å². The summed E-state index contributed by atoms with van der Waals surface area (Å²) in [5, 5.41) is 8.55. The largest absolute Gasteiger partial charge is 0.481 e. The van der Waals surface area contributed by atoms with Gasteiger partial charge in [-0.05, 0) is 24.5 Å². The lowest BCUT2D eigenvalue weighted by Gasteiger charge is -2.02. The van der Waals surface area contributed by atoms with Gasteiger partial charge in [0.2, 0.25) is 0 Å². The van der Waals surface area contributed by atoms with Gasteiger partial charge in [-0.1, -0.05) is 87.8 Å². The first-order valence-electron chi connectivity index (χ1n) is 9.66. The van der Waals surface area contributed by atoms with Gasteiger partial charge in [0.25, 0.3) is 0 Å². The van der Waals surface area contributed by atoms with Gasteiger partial charge in [-0.15, -0.1) is 0 Å². The fourth-order valence-electron chi connectivity index (χ4n) is 2.83. The number of carbonyl (C=O) groups is 2. The van der Waals surface area contributed by atoms with E-state index >= 15 is 0 Å². The Balaban J connectivity index is 1.87. The van der Waals surface area contributed by atoms with E-state index in [0.29, 0.717) is 12.8 Å². The molecule has 3 heteroatoms. The Kier molecular flexibility index (Phi) is 12.2. The normalized spacial score (nSPS) is 11.0. The molecule has 0 saturated heterocycles. The fourth-order valence-corrected chi connectivity index (χ4v) is 2.83. The molecular weight excluding hydrogens is 312 g/mol. The summed E-state index contributed by atoms with van der Waals surface area (Å²) in [6, 6.07) is 9.91. The molecule has 0 aliphatic carbocycles. The van der Waals surface area contributed by atoms with Crippen molar-refractivity contribution in [1.82, 2.24) is 0 Å². The van der Waals surface area contributed by atoms with E-state index in [-0.39, 0.29) is 5.78 Å². The van der Waals surface area contributed by atoms with Crippen molar-refractivity contribution in [3.05, 3.63) is 42.0 Å². The summed E-state index contributed by atoms with van der Waals surface area (Å²) in [6.45, 7) is 0. The number of allylic oxidation sites excluding steroid dienone is 1. The number of carboxylic acid groups (broad SMARTS) is 1. The van der Waals surface area contributed by atoms with Crippen molar-refractivity contribution in [1.29, 1.82) is 0 Å². The fraction of sp³-hybridized carbons (Fsp3) is 0.545. The molecule has 0 spiro atoms. The van der Waals surface area contributed by atoms with Crippen molar-refractivity contribution in [3.8, 4) is 0 Å². The number of benzene rings is 1. The molecule has 0 heterocycles. The van der Waals surface area contributed by atoms with Gasteiger partial charge in [0.1, 0.15) is 0 Å². The van der Waals surface area contributed by atoms with Gasteiger partial charge in [-0.25, -0.2) is 0 Å². The van der Waals surface area contributed by atoms with Crippen molar-refractivity contribution >= 4 is 17.8 Å². The van der Waals surface area contributed by atoms with Crippen LogP contribution in [0.1, 0.15) is 82.6 Å². The zero-order chi connectivity index (χ0) is 18.2. The Morgan fingerprint density at radius 1 is 0.720 bits per heavy atom. The molecule has 0 unspecified atom stereocenters. The highest BCUT2D eigenvalue weighted by Gasteiger charge is 1.99. The molecular formula is C22H32O3. The number of hydrogen-bond donors (Lipinski definition) is 1. The molecule has 0 aliphatic heterocycles. The number of ketones is 1. The van der Waals surface area contributed by atoms with Crippen LogP contribution in [0.25, 0.3) is 6.08 Å². The first-order valence-corrected chi connectivity index (χ1v) is 9.66. The van der Waals surface area contributed by atoms with E-state index < -0.39 is 5.97 Å². The number of hydrogen-bond acceptors (Lipinski definition) is 2. The highest BCUT2D eigenvalue weighted by Crippen LogP contribution is 2.12. The van der Waals surface area contributed by atoms with E-state index in [1.165, 1.54) is 32.1 Å². The highest BCUT2D eigenvalue weighted by atomic mass is 16.4. The molecule has 1 N–H and O–H groups in total. The van der Waals surface area contributed by atoms with Gasteiger partial charge >= 0.3 is 5.97 Å². The Bertz CT molecular complexity index is 505. The third kappa shape index (κ3) is 13.1. The van der Waals surface area contributed by atoms with Gasteiger partial charge in [-0.2, -0.15) is 0 Å². The third-order valence-corrected chi connectivity index (χ3v) is 4.33. The molecule has 138 valence electrons. The molecule has 0 radical (unpaired) electrons. The van der Waals surface area contributed by atoms with Crippen LogP contribution in [0.3, 0.4) is 0 Å². The number of aliphatic carboxylic acids is 1. The van der Waals surface area contributed by atoms with Crippen LogP contribution in [0.15, 0.2) is 36.4 Å². The van der Waals surface area contributed by atoms with Crippen LogP contribution >= 0.6 is 0 Å². The Labute approximate surface area is 152 Å². The van der Waals surface area contributed by atoms with Crippen molar-refractivity contribution in [2.45, 2.75) is 77.0 Å². The Hall–Kier alpha value is -1.90. The lowest BCUT2D eigenvalue weighted by atomic mass is 10.0. The van der Waals surface area contributed by atoms with Crippen LogP contribution in [0.2, 0.25) is 0 Å². The second kappa shape index (κ2) is 14.4. The number of carbonyl (C=O) groups excluding carboxylic acids is 1. The zero-order valence-electron chi connectivity index (χ0n) is 15.3. The molecule has 0 aliphatic rings. The van der Waals surface area contributed by atoms with Crippen molar-refractivity contribution < 1.29 is 14.7 Å². The van der Waals surface area contributed by atoms with E-state index in [1.807, 2.05) is 36.4 Å². The van der Waals surface area contributed by atoms with Crippen LogP contribution in [0.5, 0.6) is 0 Å². The summed E-state index contributed by atoms with van der Waals surface area (Å²) in [4.78, 5) is 22.2. The maximum absolute atomic E-state index is 11.8. The standard InChI is InChI=1S/C22H32O3/c23-21(19-18-20-14-10-9-11-15-20)16-12-7-5-3-1-2-4-6-8-13-17-22(24)25/h9-11,14-15,18-19H,1-8,12-13,16-17H2,(H,24,25)/b19-18+. The van der Waals surface area contributed by atoms with E-state index in [2.05, 4.69) is 0 Å². The second-order valence-corrected chi connectivity index (χ2v) is 6.64. The minimum absolute atomic E-state index is 0.213. The molecule has 25 heavy (non-hydrogen) atoms. The lowest BCUT2D eigenvalue weighted by molar-refractivity contribution is -0.137. The predicted molar refractivity (Wildman–Crippen MR) is 104 cm³/mol. The average Bonchev–Trinajstić information content (AvgIpc) is 2.61. The molecule has 0 fully saturated rings. The predicted octanol–water partition coefficient (Wildman–Crippen LogP) is 6.03. The molecule has 1 aromatic carbocycles. The molecule has 0 bridgehead atoms. The molecule has 0 amide bonds. The molecule has 1 aromatic rings. The van der Waals surface area contributed by atoms with Gasteiger partial charge in [-0.3, -0.25) is 9.59 Å². The SMILES string of the molecule is O=C(O)CCCCCCCCCCCCC(=O)/C=C/c1ccccc1. The van der Waals surface area contributed by atoms with Gasteiger partial charge in [0.05, 0.1) is 0 Å². The van der Waals surface area contributed by atoms with Crippen LogP contribution in [0.4, 0.5) is 0 Å². The average molecular weight is 344 g/mol. The number of carboxylic acids is 1. The van der Waals surface area contributed by atoms with Gasteiger partial charge in [0, 0.05) is 12.8 Å². The highest BCUT2D eigenvalue weighted by molar-refractivity contribution is 5.93. The smallest absolute Gasteiger partial charge is 0.303 e. The monoisotopic (exact) mass is 344 g/mol. The van der Waals surface area contributed by atoms with Crippen LogP contribution in [0, 0.1) is 0 Å². The summed E-state index contributed by atoms with van der Waals surface area (Å²) >= 11 is 0. The maximum atomic E-state index is 11.8. The van der Waals surface area contributed by atoms with Crippen LogP contribution < -0.4 is 0 Å². The quantitative estimate of drug-likeness (QED) is 0.312. The van der Waals surface area contributed by atoms with Crippen LogP contribution in [-0.4, -0.2) is 16.9 Å². The zero-order valence-corrected chi connectivity index (χ0v) is 15.3. The van der Waals surface area contributed by atoms with Crippen molar-refractivity contribution in [2.24, 2.45) is 0 Å². The summed E-state index contributed by atoms with van der Waals surface area (Å²) in [5.74, 6) is -0.473. The topological polar surface area (TPSA) is 54.4 Å². The van der Waals surface area contributed by atoms with Crippen molar-refractivity contribution in [3.63, 3.8) is 0 Å². The Morgan fingerprint density at radius 3 is 1.72 bits per heavy atom. The third-order valence-electron chi connectivity index (χ3n) is 4.33. The summed E-state index contributed by atoms with van der Waals surface area (Å²) in [5.41, 5.74) is 1.07. The first-order chi connectivity index (χ1) is 12.2. The summed E-state index contributed by atoms with van der Waals surface area (Å²) < 4.78 is 0. The Morgan fingerprint density at radius 2 is 1.20 bits per heavy atom. The van der Waals surface area contributed by atoms with E-state index in [9.17, 15) is 9.59 Å². The van der Waals surface area contributed by atoms with E-state index in [0.717, 1.165) is 37.7 Å². The van der Waals surface area contributed by atoms with Gasteiger partial charge in [0.15, 0.2) is 5.78 Å². The summed E-state index contributed by atoms with van der Waals surface area (Å²) in [6.07, 6.45) is 15.8. The van der Waals surface area contributed by atoms with E-state index in [1.54, 1.807) is 6.08 Å². The first kappa shape index (κ1) is 21.1. The summed E-state index contributed by atoms with van der Waals surface area (Å²) in [7, 11) is 0. The second-order valence-electron chi connectivity index (χ2n) is 6.64. The molecule has 0 atom stereocenters. The molecule has 1 rings (SSSR count). The van der Waals surface area contributed by atoms with E-state index in [4.69, 9.17) is 5.11 Å². The van der Waals surface area contributed by atoms with Gasteiger partial charge < -0.3 is 5.11 Å². The lowest BCUT2D eigenvalue weighted by Crippen LogP contribution is -1.93. The minimum atomic E-state index is -0.686. The maximum Gasteiger partial charge on any atom is 0.303 e. The van der Waals surface area contributed by atoms with Crippen LogP contribution in [-0.2, 0) is 9.59 Å². The minimum Gasteiger partial charge on any atom is -0.481 e. The molecule has 0 aromatic heterocycles. The molecule has 0 saturated carbocycles. The molecule has 3 nitrogen and oxygen atoms in total. The number of rotatable bonds is 15.